The molecule has 1 fully saturated rings. The fraction of sp³-hybridized carbons (Fsp3) is 0.733. The van der Waals surface area contributed by atoms with Crippen molar-refractivity contribution in [1.82, 2.24) is 10.2 Å². The molecule has 0 saturated carbocycles. The molecule has 1 saturated heterocycles. The molecular formula is C15H26N2O2. The minimum absolute atomic E-state index is 0.138. The Kier molecular flexibility index (Phi) is 5.02. The number of furan rings is 1. The summed E-state index contributed by atoms with van der Waals surface area (Å²) >= 11 is 0. The largest absolute Gasteiger partial charge is 0.468 e. The molecule has 2 rings (SSSR count). The zero-order valence-electron chi connectivity index (χ0n) is 12.4. The summed E-state index contributed by atoms with van der Waals surface area (Å²) in [6.07, 6.45) is 2.97. The lowest BCUT2D eigenvalue weighted by molar-refractivity contribution is 0.139. The summed E-state index contributed by atoms with van der Waals surface area (Å²) in [5, 5.41) is 3.47. The molecule has 1 aromatic rings. The summed E-state index contributed by atoms with van der Waals surface area (Å²) in [4.78, 5) is 2.40. The van der Waals surface area contributed by atoms with Crippen molar-refractivity contribution in [2.24, 2.45) is 0 Å². The van der Waals surface area contributed by atoms with Gasteiger partial charge in [-0.05, 0) is 33.3 Å². The Morgan fingerprint density at radius 1 is 1.26 bits per heavy atom. The first-order valence-corrected chi connectivity index (χ1v) is 7.14. The van der Waals surface area contributed by atoms with Crippen LogP contribution in [0.5, 0.6) is 0 Å². The van der Waals surface area contributed by atoms with Crippen molar-refractivity contribution in [1.29, 1.82) is 0 Å². The highest BCUT2D eigenvalue weighted by molar-refractivity contribution is 5.13. The predicted octanol–water partition coefficient (Wildman–Crippen LogP) is 2.39. The van der Waals surface area contributed by atoms with Crippen LogP contribution in [0.2, 0.25) is 0 Å². The lowest BCUT2D eigenvalue weighted by Crippen LogP contribution is -2.34. The van der Waals surface area contributed by atoms with Crippen molar-refractivity contribution in [2.75, 3.05) is 26.3 Å². The van der Waals surface area contributed by atoms with Gasteiger partial charge in [-0.1, -0.05) is 0 Å². The average Bonchev–Trinajstić information content (AvgIpc) is 2.61. The summed E-state index contributed by atoms with van der Waals surface area (Å²) in [5.74, 6) is 1.05. The van der Waals surface area contributed by atoms with Gasteiger partial charge in [-0.2, -0.15) is 0 Å². The molecule has 0 atom stereocenters. The molecule has 19 heavy (non-hydrogen) atoms. The van der Waals surface area contributed by atoms with E-state index in [4.69, 9.17) is 9.15 Å². The summed E-state index contributed by atoms with van der Waals surface area (Å²) < 4.78 is 11.1. The Morgan fingerprint density at radius 2 is 2.11 bits per heavy atom. The summed E-state index contributed by atoms with van der Waals surface area (Å²) in [6, 6.07) is 2.16. The molecular weight excluding hydrogens is 240 g/mol. The molecule has 4 heteroatoms. The Balaban J connectivity index is 1.82. The standard InChI is InChI=1S/C15H26N2O2/c1-15(2,3)16-10-13-9-14(19-12-13)11-17-5-4-7-18-8-6-17/h9,12,16H,4-8,10-11H2,1-3H3. The van der Waals surface area contributed by atoms with E-state index >= 15 is 0 Å². The van der Waals surface area contributed by atoms with E-state index < -0.39 is 0 Å². The van der Waals surface area contributed by atoms with Crippen LogP contribution in [0.4, 0.5) is 0 Å². The van der Waals surface area contributed by atoms with Crippen molar-refractivity contribution in [2.45, 2.75) is 45.8 Å². The Bertz CT molecular complexity index is 374. The third kappa shape index (κ3) is 5.35. The molecule has 4 nitrogen and oxygen atoms in total. The zero-order chi connectivity index (χ0) is 13.7. The Labute approximate surface area is 116 Å². The van der Waals surface area contributed by atoms with E-state index in [0.717, 1.165) is 51.6 Å². The SMILES string of the molecule is CC(C)(C)NCc1coc(CN2CCCOCC2)c1. The lowest BCUT2D eigenvalue weighted by Gasteiger charge is -2.19. The van der Waals surface area contributed by atoms with Crippen LogP contribution in [0.1, 0.15) is 38.5 Å². The quantitative estimate of drug-likeness (QED) is 0.908. The number of nitrogens with zero attached hydrogens (tertiary/aromatic N) is 1. The molecule has 108 valence electrons. The fourth-order valence-corrected chi connectivity index (χ4v) is 2.15. The van der Waals surface area contributed by atoms with Crippen LogP contribution in [0.3, 0.4) is 0 Å². The predicted molar refractivity (Wildman–Crippen MR) is 76.0 cm³/mol. The van der Waals surface area contributed by atoms with Crippen molar-refractivity contribution >= 4 is 0 Å². The van der Waals surface area contributed by atoms with Crippen molar-refractivity contribution < 1.29 is 9.15 Å². The van der Waals surface area contributed by atoms with Gasteiger partial charge in [0.25, 0.3) is 0 Å². The average molecular weight is 266 g/mol. The van der Waals surface area contributed by atoms with Crippen LogP contribution in [0.25, 0.3) is 0 Å². The minimum atomic E-state index is 0.138. The van der Waals surface area contributed by atoms with Crippen molar-refractivity contribution in [3.8, 4) is 0 Å². The molecule has 0 radical (unpaired) electrons. The summed E-state index contributed by atoms with van der Waals surface area (Å²) in [7, 11) is 0. The first-order chi connectivity index (χ1) is 9.03. The maximum Gasteiger partial charge on any atom is 0.118 e. The highest BCUT2D eigenvalue weighted by atomic mass is 16.5. The molecule has 0 amide bonds. The molecule has 0 aliphatic carbocycles. The van der Waals surface area contributed by atoms with Gasteiger partial charge >= 0.3 is 0 Å². The highest BCUT2D eigenvalue weighted by Crippen LogP contribution is 2.13. The van der Waals surface area contributed by atoms with E-state index in [1.807, 2.05) is 6.26 Å². The number of ether oxygens (including phenoxy) is 1. The number of nitrogens with one attached hydrogen (secondary N) is 1. The molecule has 1 N–H and O–H groups in total. The second kappa shape index (κ2) is 6.55. The van der Waals surface area contributed by atoms with Crippen LogP contribution < -0.4 is 5.32 Å². The molecule has 0 aromatic carbocycles. The van der Waals surface area contributed by atoms with Gasteiger partial charge in [0, 0.05) is 37.3 Å². The van der Waals surface area contributed by atoms with Gasteiger partial charge < -0.3 is 14.5 Å². The van der Waals surface area contributed by atoms with Crippen LogP contribution in [-0.2, 0) is 17.8 Å². The van der Waals surface area contributed by atoms with Gasteiger partial charge in [0.05, 0.1) is 19.4 Å². The molecule has 1 aliphatic heterocycles. The second-order valence-corrected chi connectivity index (χ2v) is 6.27. The Hall–Kier alpha value is -0.840. The van der Waals surface area contributed by atoms with Gasteiger partial charge in [-0.3, -0.25) is 4.90 Å². The van der Waals surface area contributed by atoms with E-state index in [9.17, 15) is 0 Å². The summed E-state index contributed by atoms with van der Waals surface area (Å²) in [5.41, 5.74) is 1.36. The normalized spacial score (nSPS) is 18.5. The van der Waals surface area contributed by atoms with E-state index in [2.05, 4.69) is 37.1 Å². The molecule has 0 unspecified atom stereocenters. The van der Waals surface area contributed by atoms with Gasteiger partial charge in [0.2, 0.25) is 0 Å². The van der Waals surface area contributed by atoms with Crippen LogP contribution in [-0.4, -0.2) is 36.7 Å². The maximum atomic E-state index is 5.65. The van der Waals surface area contributed by atoms with Crippen LogP contribution in [0.15, 0.2) is 16.7 Å². The lowest BCUT2D eigenvalue weighted by atomic mass is 10.1. The van der Waals surface area contributed by atoms with E-state index in [1.54, 1.807) is 0 Å². The van der Waals surface area contributed by atoms with Gasteiger partial charge in [-0.15, -0.1) is 0 Å². The molecule has 0 bridgehead atoms. The van der Waals surface area contributed by atoms with E-state index in [-0.39, 0.29) is 5.54 Å². The third-order valence-electron chi connectivity index (χ3n) is 3.23. The van der Waals surface area contributed by atoms with Gasteiger partial charge in [0.1, 0.15) is 5.76 Å². The first kappa shape index (κ1) is 14.6. The Morgan fingerprint density at radius 3 is 2.89 bits per heavy atom. The third-order valence-corrected chi connectivity index (χ3v) is 3.23. The highest BCUT2D eigenvalue weighted by Gasteiger charge is 2.13. The smallest absolute Gasteiger partial charge is 0.118 e. The number of hydrogen-bond donors (Lipinski definition) is 1. The van der Waals surface area contributed by atoms with Crippen LogP contribution >= 0.6 is 0 Å². The first-order valence-electron chi connectivity index (χ1n) is 7.14. The van der Waals surface area contributed by atoms with E-state index in [1.165, 1.54) is 5.56 Å². The van der Waals surface area contributed by atoms with Crippen molar-refractivity contribution in [3.05, 3.63) is 23.7 Å². The second-order valence-electron chi connectivity index (χ2n) is 6.27. The minimum Gasteiger partial charge on any atom is -0.468 e. The maximum absolute atomic E-state index is 5.65. The summed E-state index contributed by atoms with van der Waals surface area (Å²) in [6.45, 7) is 12.1. The van der Waals surface area contributed by atoms with Gasteiger partial charge in [-0.25, -0.2) is 0 Å². The molecule has 0 spiro atoms. The molecule has 1 aliphatic rings. The molecule has 2 heterocycles. The number of hydrogen-bond acceptors (Lipinski definition) is 4. The van der Waals surface area contributed by atoms with Gasteiger partial charge in [0.15, 0.2) is 0 Å². The fourth-order valence-electron chi connectivity index (χ4n) is 2.15. The number of rotatable bonds is 4. The van der Waals surface area contributed by atoms with Crippen molar-refractivity contribution in [3.63, 3.8) is 0 Å². The molecule has 1 aromatic heterocycles. The van der Waals surface area contributed by atoms with E-state index in [0.29, 0.717) is 0 Å². The van der Waals surface area contributed by atoms with Crippen LogP contribution in [0, 0.1) is 0 Å². The zero-order valence-corrected chi connectivity index (χ0v) is 12.4. The topological polar surface area (TPSA) is 37.6 Å². The monoisotopic (exact) mass is 266 g/mol.